The first kappa shape index (κ1) is 29.3. The van der Waals surface area contributed by atoms with Crippen LogP contribution in [0, 0.1) is 34.9 Å². The topological polar surface area (TPSA) is 111 Å². The number of carbonyl (C=O) groups is 1. The summed E-state index contributed by atoms with van der Waals surface area (Å²) in [4.78, 5) is 12.8. The van der Waals surface area contributed by atoms with Gasteiger partial charge in [0.2, 0.25) is 0 Å². The molecule has 26 heavy (non-hydrogen) atoms. The molecule has 0 heterocycles. The summed E-state index contributed by atoms with van der Waals surface area (Å²) >= 11 is 7.02. The Balaban J connectivity index is -0.000000402. The summed E-state index contributed by atoms with van der Waals surface area (Å²) < 4.78 is 3.74. The van der Waals surface area contributed by atoms with Crippen LogP contribution in [0.4, 0.5) is 0 Å². The molecule has 0 aromatic heterocycles. The van der Waals surface area contributed by atoms with Crippen molar-refractivity contribution in [3.8, 4) is 34.9 Å². The van der Waals surface area contributed by atoms with Crippen molar-refractivity contribution in [2.24, 2.45) is 0 Å². The first-order valence-corrected chi connectivity index (χ1v) is 9.00. The molecule has 0 amide bonds. The van der Waals surface area contributed by atoms with Crippen molar-refractivity contribution in [1.82, 2.24) is 4.90 Å². The van der Waals surface area contributed by atoms with Crippen molar-refractivity contribution in [2.75, 3.05) is 13.1 Å². The minimum atomic E-state index is -0.848. The minimum absolute atomic E-state index is 0. The van der Waals surface area contributed by atoms with Gasteiger partial charge in [-0.1, -0.05) is 34.9 Å². The Kier molecular flexibility index (Phi) is 20.7. The van der Waals surface area contributed by atoms with Crippen LogP contribution in [0.25, 0.3) is 0 Å². The molecule has 146 valence electrons. The van der Waals surface area contributed by atoms with Gasteiger partial charge in [-0.2, -0.15) is 0 Å². The van der Waals surface area contributed by atoms with E-state index in [4.69, 9.17) is 22.6 Å². The summed E-state index contributed by atoms with van der Waals surface area (Å²) in [6, 6.07) is 0. The highest BCUT2D eigenvalue weighted by molar-refractivity contribution is 8.24. The lowest BCUT2D eigenvalue weighted by Gasteiger charge is -2.26. The Bertz CT molecular complexity index is 601. The van der Waals surface area contributed by atoms with Crippen molar-refractivity contribution < 1.29 is 30.0 Å². The second-order valence-electron chi connectivity index (χ2n) is 4.43. The molecule has 0 saturated carbocycles. The van der Waals surface area contributed by atoms with E-state index >= 15 is 0 Å². The largest absolute Gasteiger partial charge is 0.480 e. The van der Waals surface area contributed by atoms with Crippen LogP contribution in [0.2, 0.25) is 0 Å². The van der Waals surface area contributed by atoms with E-state index in [9.17, 15) is 4.79 Å². The van der Waals surface area contributed by atoms with Gasteiger partial charge in [0.05, 0.1) is 0 Å². The van der Waals surface area contributed by atoms with Crippen LogP contribution in [-0.4, -0.2) is 48.9 Å². The zero-order valence-corrected chi connectivity index (χ0v) is 17.7. The predicted molar refractivity (Wildman–Crippen MR) is 110 cm³/mol. The molecular weight excluding hydrogens is 398 g/mol. The summed E-state index contributed by atoms with van der Waals surface area (Å²) in [5, 5.41) is 22.2. The highest BCUT2D eigenvalue weighted by atomic mass is 32.2. The summed E-state index contributed by atoms with van der Waals surface area (Å²) in [6.45, 7) is 10.6. The first-order chi connectivity index (χ1) is 11.8. The van der Waals surface area contributed by atoms with Gasteiger partial charge in [0.15, 0.2) is 0 Å². The molecule has 0 spiro atoms. The maximum atomic E-state index is 10.9. The van der Waals surface area contributed by atoms with E-state index in [1.165, 1.54) is 11.8 Å². The van der Waals surface area contributed by atoms with Crippen molar-refractivity contribution in [2.45, 2.75) is 39.4 Å². The van der Waals surface area contributed by atoms with Crippen LogP contribution >= 0.6 is 36.0 Å². The molecule has 0 unspecified atom stereocenters. The molecule has 0 radical (unpaired) electrons. The van der Waals surface area contributed by atoms with Crippen LogP contribution in [0.5, 0.6) is 0 Å². The van der Waals surface area contributed by atoms with E-state index in [-0.39, 0.29) is 5.48 Å². The number of thiocarbonyl (C=S) groups is 1. The van der Waals surface area contributed by atoms with E-state index < -0.39 is 10.7 Å². The molecule has 10 heteroatoms. The Morgan fingerprint density at radius 2 is 1.73 bits per heavy atom. The zero-order valence-electron chi connectivity index (χ0n) is 15.2. The second kappa shape index (κ2) is 18.4. The molecular formula is C16H23NO6S3. The molecule has 0 aliphatic heterocycles. The number of nitrogens with zero attached hydrogens (tertiary/aromatic N) is 1. The fourth-order valence-corrected chi connectivity index (χ4v) is 2.96. The molecule has 0 rings (SSSR count). The molecule has 0 aliphatic carbocycles. The van der Waals surface area contributed by atoms with E-state index in [2.05, 4.69) is 44.2 Å². The zero-order chi connectivity index (χ0) is 19.7. The molecule has 0 atom stereocenters. The number of aliphatic carboxylic acids is 1. The van der Waals surface area contributed by atoms with E-state index in [0.717, 1.165) is 13.1 Å². The molecule has 0 aromatic rings. The SMILES string of the molecule is CC#CC#CC#CSOOO.CCN(CC)C(=S)SC(C)(C)C(=O)O.O. The Morgan fingerprint density at radius 1 is 1.19 bits per heavy atom. The first-order valence-electron chi connectivity index (χ1n) is 7.03. The molecule has 7 nitrogen and oxygen atoms in total. The maximum Gasteiger partial charge on any atom is 0.319 e. The van der Waals surface area contributed by atoms with Crippen molar-refractivity contribution in [3.05, 3.63) is 0 Å². The molecule has 0 aliphatic rings. The fourth-order valence-electron chi connectivity index (χ4n) is 1.01. The molecule has 0 saturated heterocycles. The number of carboxylic acids is 1. The average Bonchev–Trinajstić information content (AvgIpc) is 2.55. The van der Waals surface area contributed by atoms with Gasteiger partial charge in [-0.25, -0.2) is 5.26 Å². The third-order valence-electron chi connectivity index (χ3n) is 2.35. The summed E-state index contributed by atoms with van der Waals surface area (Å²) in [5.41, 5.74) is 0. The molecule has 0 aromatic carbocycles. The predicted octanol–water partition coefficient (Wildman–Crippen LogP) is 2.43. The number of thioether (sulfide) groups is 1. The number of carboxylic acid groups (broad SMARTS) is 1. The third kappa shape index (κ3) is 16.1. The van der Waals surface area contributed by atoms with Crippen molar-refractivity contribution in [3.63, 3.8) is 0 Å². The standard InChI is InChI=1S/C9H17NO2S2.C7H4O3S.H2O/c1-5-10(6-2)8(13)14-9(3,4)7(11)12;1-2-3-4-5-6-7-11-10-9-8;/h5-6H2,1-4H3,(H,11,12);8H,1H3;1H2. The number of rotatable bonds is 6. The normalized spacial score (nSPS) is 8.54. The van der Waals surface area contributed by atoms with Crippen molar-refractivity contribution >= 4 is 46.3 Å². The van der Waals surface area contributed by atoms with E-state index in [1.54, 1.807) is 20.8 Å². The number of hydrogen-bond acceptors (Lipinski definition) is 7. The van der Waals surface area contributed by atoms with Crippen LogP contribution < -0.4 is 0 Å². The fraction of sp³-hybridized carbons (Fsp3) is 0.500. The summed E-state index contributed by atoms with van der Waals surface area (Å²) in [5.74, 6) is 11.5. The third-order valence-corrected chi connectivity index (χ3v) is 4.29. The lowest BCUT2D eigenvalue weighted by molar-refractivity contribution is -0.431. The van der Waals surface area contributed by atoms with Crippen LogP contribution in [-0.2, 0) is 14.2 Å². The van der Waals surface area contributed by atoms with Gasteiger partial charge in [0.25, 0.3) is 0 Å². The highest BCUT2D eigenvalue weighted by Gasteiger charge is 2.30. The van der Waals surface area contributed by atoms with Gasteiger partial charge < -0.3 is 15.5 Å². The van der Waals surface area contributed by atoms with E-state index in [1.807, 2.05) is 18.7 Å². The van der Waals surface area contributed by atoms with E-state index in [0.29, 0.717) is 16.4 Å². The molecule has 4 N–H and O–H groups in total. The Labute approximate surface area is 168 Å². The van der Waals surface area contributed by atoms with Crippen molar-refractivity contribution in [1.29, 1.82) is 0 Å². The molecule has 0 bridgehead atoms. The van der Waals surface area contributed by atoms with Crippen LogP contribution in [0.15, 0.2) is 0 Å². The molecule has 0 fully saturated rings. The highest BCUT2D eigenvalue weighted by Crippen LogP contribution is 2.27. The van der Waals surface area contributed by atoms with Gasteiger partial charge in [0.1, 0.15) is 21.1 Å². The quantitative estimate of drug-likeness (QED) is 0.167. The lowest BCUT2D eigenvalue weighted by atomic mass is 10.2. The van der Waals surface area contributed by atoms with Crippen LogP contribution in [0.3, 0.4) is 0 Å². The summed E-state index contributed by atoms with van der Waals surface area (Å²) in [7, 11) is 0. The van der Waals surface area contributed by atoms with Crippen LogP contribution in [0.1, 0.15) is 34.6 Å². The van der Waals surface area contributed by atoms with Gasteiger partial charge in [-0.15, -0.1) is 4.33 Å². The van der Waals surface area contributed by atoms with Gasteiger partial charge in [0, 0.05) is 24.3 Å². The Morgan fingerprint density at radius 3 is 2.15 bits per heavy atom. The average molecular weight is 422 g/mol. The Hall–Kier alpha value is -1.42. The lowest BCUT2D eigenvalue weighted by Crippen LogP contribution is -2.34. The van der Waals surface area contributed by atoms with Gasteiger partial charge in [-0.3, -0.25) is 4.79 Å². The maximum absolute atomic E-state index is 10.9. The monoisotopic (exact) mass is 421 g/mol. The van der Waals surface area contributed by atoms with Gasteiger partial charge in [-0.05, 0) is 52.4 Å². The smallest absolute Gasteiger partial charge is 0.319 e. The summed E-state index contributed by atoms with van der Waals surface area (Å²) in [6.07, 6.45) is 0. The minimum Gasteiger partial charge on any atom is -0.480 e. The number of hydrogen-bond donors (Lipinski definition) is 2. The second-order valence-corrected chi connectivity index (χ2v) is 7.20. The van der Waals surface area contributed by atoms with Gasteiger partial charge >= 0.3 is 5.97 Å².